The van der Waals surface area contributed by atoms with Crippen molar-refractivity contribution in [2.45, 2.75) is 59.2 Å². The summed E-state index contributed by atoms with van der Waals surface area (Å²) in [7, 11) is 0. The Morgan fingerprint density at radius 1 is 1.33 bits per heavy atom. The molecule has 104 valence electrons. The minimum absolute atomic E-state index is 0.259. The Bertz CT molecular complexity index is 343. The molecule has 1 rings (SSSR count). The number of imidazole rings is 1. The van der Waals surface area contributed by atoms with E-state index in [1.54, 1.807) is 0 Å². The van der Waals surface area contributed by atoms with Crippen molar-refractivity contribution in [2.24, 2.45) is 5.73 Å². The van der Waals surface area contributed by atoms with Gasteiger partial charge in [0.25, 0.3) is 0 Å². The highest BCUT2D eigenvalue weighted by atomic mass is 15.2. The molecule has 1 aromatic heterocycles. The summed E-state index contributed by atoms with van der Waals surface area (Å²) >= 11 is 0. The van der Waals surface area contributed by atoms with Crippen LogP contribution >= 0.6 is 0 Å². The van der Waals surface area contributed by atoms with Crippen molar-refractivity contribution < 1.29 is 0 Å². The van der Waals surface area contributed by atoms with Gasteiger partial charge in [-0.2, -0.15) is 0 Å². The first-order chi connectivity index (χ1) is 8.52. The van der Waals surface area contributed by atoms with E-state index in [1.165, 1.54) is 5.69 Å². The van der Waals surface area contributed by atoms with Gasteiger partial charge >= 0.3 is 0 Å². The van der Waals surface area contributed by atoms with Gasteiger partial charge in [-0.05, 0) is 40.7 Å². The van der Waals surface area contributed by atoms with Gasteiger partial charge in [-0.25, -0.2) is 4.98 Å². The van der Waals surface area contributed by atoms with E-state index in [1.807, 2.05) is 12.5 Å². The molecule has 4 heteroatoms. The molecule has 0 bridgehead atoms. The van der Waals surface area contributed by atoms with Crippen LogP contribution in [0.3, 0.4) is 0 Å². The highest BCUT2D eigenvalue weighted by Crippen LogP contribution is 2.24. The average Bonchev–Trinajstić information content (AvgIpc) is 2.78. The highest BCUT2D eigenvalue weighted by molar-refractivity contribution is 5.08. The summed E-state index contributed by atoms with van der Waals surface area (Å²) in [5.74, 6) is 0. The van der Waals surface area contributed by atoms with Crippen molar-refractivity contribution in [1.29, 1.82) is 0 Å². The number of hydrogen-bond donors (Lipinski definition) is 1. The van der Waals surface area contributed by atoms with Crippen molar-refractivity contribution in [3.05, 3.63) is 18.2 Å². The van der Waals surface area contributed by atoms with Crippen LogP contribution in [-0.2, 0) is 0 Å². The summed E-state index contributed by atoms with van der Waals surface area (Å²) in [6.45, 7) is 12.7. The molecule has 0 radical (unpaired) electrons. The van der Waals surface area contributed by atoms with E-state index >= 15 is 0 Å². The van der Waals surface area contributed by atoms with Gasteiger partial charge in [0.2, 0.25) is 0 Å². The molecular weight excluding hydrogens is 224 g/mol. The van der Waals surface area contributed by atoms with Gasteiger partial charge in [0.05, 0.1) is 18.1 Å². The first kappa shape index (κ1) is 15.2. The lowest BCUT2D eigenvalue weighted by Crippen LogP contribution is -2.40. The molecule has 0 saturated carbocycles. The lowest BCUT2D eigenvalue weighted by molar-refractivity contribution is 0.150. The minimum atomic E-state index is 0.259. The Balaban J connectivity index is 3.03. The molecule has 1 unspecified atom stereocenters. The van der Waals surface area contributed by atoms with Crippen molar-refractivity contribution >= 4 is 0 Å². The Labute approximate surface area is 111 Å². The Morgan fingerprint density at radius 2 is 2.00 bits per heavy atom. The Kier molecular flexibility index (Phi) is 5.82. The van der Waals surface area contributed by atoms with Gasteiger partial charge in [-0.3, -0.25) is 4.90 Å². The summed E-state index contributed by atoms with van der Waals surface area (Å²) in [5, 5.41) is 0. The second kappa shape index (κ2) is 6.90. The maximum atomic E-state index is 6.02. The van der Waals surface area contributed by atoms with E-state index in [4.69, 9.17) is 5.73 Å². The molecule has 4 nitrogen and oxygen atoms in total. The molecular formula is C14H28N4. The fraction of sp³-hybridized carbons (Fsp3) is 0.786. The van der Waals surface area contributed by atoms with E-state index in [2.05, 4.69) is 49.1 Å². The molecule has 0 fully saturated rings. The van der Waals surface area contributed by atoms with Gasteiger partial charge in [0.15, 0.2) is 0 Å². The topological polar surface area (TPSA) is 47.1 Å². The second-order valence-electron chi connectivity index (χ2n) is 5.40. The molecule has 0 aromatic carbocycles. The van der Waals surface area contributed by atoms with Crippen LogP contribution in [0.4, 0.5) is 0 Å². The standard InChI is InChI=1S/C14H28N4/c1-6-7-17(11(2)3)13(8-15)14-9-16-10-18(14)12(4)5/h9-13H,6-8,15H2,1-5H3. The van der Waals surface area contributed by atoms with E-state index in [-0.39, 0.29) is 6.04 Å². The second-order valence-corrected chi connectivity index (χ2v) is 5.40. The lowest BCUT2D eigenvalue weighted by atomic mass is 10.1. The maximum Gasteiger partial charge on any atom is 0.0951 e. The SMILES string of the molecule is CCCN(C(C)C)C(CN)c1cncn1C(C)C. The van der Waals surface area contributed by atoms with Crippen LogP contribution in [0.2, 0.25) is 0 Å². The molecule has 2 N–H and O–H groups in total. The van der Waals surface area contributed by atoms with Crippen LogP contribution in [-0.4, -0.2) is 33.6 Å². The molecule has 1 heterocycles. The first-order valence-electron chi connectivity index (χ1n) is 7.00. The monoisotopic (exact) mass is 252 g/mol. The third kappa shape index (κ3) is 3.33. The smallest absolute Gasteiger partial charge is 0.0951 e. The Hall–Kier alpha value is -0.870. The van der Waals surface area contributed by atoms with Gasteiger partial charge < -0.3 is 10.3 Å². The van der Waals surface area contributed by atoms with Crippen LogP contribution in [0, 0.1) is 0 Å². The van der Waals surface area contributed by atoms with Crippen molar-refractivity contribution in [3.63, 3.8) is 0 Å². The molecule has 0 aliphatic rings. The predicted octanol–water partition coefficient (Wildman–Crippen LogP) is 2.58. The van der Waals surface area contributed by atoms with Crippen LogP contribution in [0.5, 0.6) is 0 Å². The molecule has 0 aliphatic carbocycles. The van der Waals surface area contributed by atoms with Gasteiger partial charge in [0, 0.05) is 24.8 Å². The highest BCUT2D eigenvalue weighted by Gasteiger charge is 2.24. The third-order valence-corrected chi connectivity index (χ3v) is 3.36. The summed E-state index contributed by atoms with van der Waals surface area (Å²) in [6, 6.07) is 1.18. The molecule has 0 amide bonds. The van der Waals surface area contributed by atoms with Crippen LogP contribution < -0.4 is 5.73 Å². The first-order valence-corrected chi connectivity index (χ1v) is 7.00. The fourth-order valence-corrected chi connectivity index (χ4v) is 2.46. The van der Waals surface area contributed by atoms with Gasteiger partial charge in [0.1, 0.15) is 0 Å². The minimum Gasteiger partial charge on any atom is -0.331 e. The zero-order valence-electron chi connectivity index (χ0n) is 12.4. The molecule has 0 spiro atoms. The quantitative estimate of drug-likeness (QED) is 0.811. The van der Waals surface area contributed by atoms with Crippen molar-refractivity contribution in [1.82, 2.24) is 14.5 Å². The average molecular weight is 252 g/mol. The normalized spacial score (nSPS) is 13.8. The van der Waals surface area contributed by atoms with Crippen molar-refractivity contribution in [2.75, 3.05) is 13.1 Å². The molecule has 0 aliphatic heterocycles. The van der Waals surface area contributed by atoms with E-state index in [9.17, 15) is 0 Å². The van der Waals surface area contributed by atoms with Gasteiger partial charge in [-0.1, -0.05) is 6.92 Å². The van der Waals surface area contributed by atoms with Crippen LogP contribution in [0.25, 0.3) is 0 Å². The summed E-state index contributed by atoms with van der Waals surface area (Å²) in [5.41, 5.74) is 7.25. The number of aromatic nitrogens is 2. The molecule has 1 aromatic rings. The number of hydrogen-bond acceptors (Lipinski definition) is 3. The summed E-state index contributed by atoms with van der Waals surface area (Å²) in [6.07, 6.45) is 5.01. The Morgan fingerprint density at radius 3 is 2.44 bits per heavy atom. The van der Waals surface area contributed by atoms with E-state index in [0.29, 0.717) is 18.6 Å². The molecule has 1 atom stereocenters. The number of nitrogens with zero attached hydrogens (tertiary/aromatic N) is 3. The van der Waals surface area contributed by atoms with E-state index in [0.717, 1.165) is 13.0 Å². The predicted molar refractivity (Wildman–Crippen MR) is 76.5 cm³/mol. The maximum absolute atomic E-state index is 6.02. The van der Waals surface area contributed by atoms with E-state index < -0.39 is 0 Å². The third-order valence-electron chi connectivity index (χ3n) is 3.36. The lowest BCUT2D eigenvalue weighted by Gasteiger charge is -2.35. The largest absolute Gasteiger partial charge is 0.331 e. The summed E-state index contributed by atoms with van der Waals surface area (Å²) in [4.78, 5) is 6.76. The molecule has 18 heavy (non-hydrogen) atoms. The fourth-order valence-electron chi connectivity index (χ4n) is 2.46. The van der Waals surface area contributed by atoms with Crippen molar-refractivity contribution in [3.8, 4) is 0 Å². The molecule has 0 saturated heterocycles. The van der Waals surface area contributed by atoms with Crippen LogP contribution in [0.1, 0.15) is 58.8 Å². The van der Waals surface area contributed by atoms with Gasteiger partial charge in [-0.15, -0.1) is 0 Å². The van der Waals surface area contributed by atoms with Crippen LogP contribution in [0.15, 0.2) is 12.5 Å². The zero-order chi connectivity index (χ0) is 13.7. The summed E-state index contributed by atoms with van der Waals surface area (Å²) < 4.78 is 2.22. The number of rotatable bonds is 7. The zero-order valence-corrected chi connectivity index (χ0v) is 12.4. The number of nitrogens with two attached hydrogens (primary N) is 1.